The average Bonchev–Trinajstić information content (AvgIpc) is 2.92. The number of hydrogen-bond donors (Lipinski definition) is 0. The summed E-state index contributed by atoms with van der Waals surface area (Å²) < 4.78 is 25.5. The van der Waals surface area contributed by atoms with Crippen LogP contribution in [0.2, 0.25) is 0 Å². The molecule has 2 aromatic carbocycles. The Hall–Kier alpha value is -1.98. The van der Waals surface area contributed by atoms with Crippen molar-refractivity contribution in [2.45, 2.75) is 4.90 Å². The summed E-state index contributed by atoms with van der Waals surface area (Å²) in [6.07, 6.45) is 0. The highest BCUT2D eigenvalue weighted by atomic mass is 32.2. The Balaban J connectivity index is 1.94. The third-order valence-corrected chi connectivity index (χ3v) is 5.80. The first kappa shape index (κ1) is 14.0. The number of fused-ring (bicyclic) bond motifs is 1. The molecular formula is C16H12O3S2. The highest BCUT2D eigenvalue weighted by molar-refractivity contribution is 7.92. The topological polar surface area (TPSA) is 51.2 Å². The van der Waals surface area contributed by atoms with E-state index in [1.54, 1.807) is 23.6 Å². The van der Waals surface area contributed by atoms with Crippen molar-refractivity contribution in [3.8, 4) is 0 Å². The number of sulfone groups is 1. The molecule has 0 unspecified atom stereocenters. The van der Waals surface area contributed by atoms with Crippen LogP contribution in [0.15, 0.2) is 64.9 Å². The van der Waals surface area contributed by atoms with Gasteiger partial charge in [0.25, 0.3) is 0 Å². The van der Waals surface area contributed by atoms with E-state index in [1.165, 1.54) is 23.5 Å². The number of carbonyl (C=O) groups is 1. The van der Waals surface area contributed by atoms with E-state index in [4.69, 9.17) is 0 Å². The Morgan fingerprint density at radius 3 is 2.38 bits per heavy atom. The summed E-state index contributed by atoms with van der Waals surface area (Å²) in [5.74, 6) is -0.867. The van der Waals surface area contributed by atoms with Crippen LogP contribution in [-0.4, -0.2) is 20.0 Å². The molecule has 1 aromatic heterocycles. The summed E-state index contributed by atoms with van der Waals surface area (Å²) >= 11 is 1.45. The van der Waals surface area contributed by atoms with E-state index < -0.39 is 15.6 Å². The first-order valence-corrected chi connectivity index (χ1v) is 8.88. The van der Waals surface area contributed by atoms with E-state index in [-0.39, 0.29) is 10.7 Å². The molecule has 0 aliphatic rings. The van der Waals surface area contributed by atoms with E-state index in [2.05, 4.69) is 0 Å². The Labute approximate surface area is 126 Å². The molecule has 0 bridgehead atoms. The third-order valence-electron chi connectivity index (χ3n) is 3.20. The predicted octanol–water partition coefficient (Wildman–Crippen LogP) is 3.56. The zero-order valence-electron chi connectivity index (χ0n) is 11.0. The van der Waals surface area contributed by atoms with Gasteiger partial charge in [-0.3, -0.25) is 4.79 Å². The molecule has 0 radical (unpaired) electrons. The van der Waals surface area contributed by atoms with E-state index in [1.807, 2.05) is 24.3 Å². The molecule has 5 heteroatoms. The van der Waals surface area contributed by atoms with Crippen molar-refractivity contribution in [2.75, 3.05) is 5.75 Å². The highest BCUT2D eigenvalue weighted by Crippen LogP contribution is 2.26. The van der Waals surface area contributed by atoms with Gasteiger partial charge < -0.3 is 0 Å². The van der Waals surface area contributed by atoms with Gasteiger partial charge in [0.2, 0.25) is 0 Å². The maximum absolute atomic E-state index is 12.3. The molecule has 0 amide bonds. The summed E-state index contributed by atoms with van der Waals surface area (Å²) in [4.78, 5) is 12.5. The van der Waals surface area contributed by atoms with Crippen molar-refractivity contribution in [1.29, 1.82) is 0 Å². The molecule has 0 spiro atoms. The van der Waals surface area contributed by atoms with Gasteiger partial charge in [0, 0.05) is 21.0 Å². The zero-order chi connectivity index (χ0) is 14.9. The molecule has 0 atom stereocenters. The number of thiophene rings is 1. The van der Waals surface area contributed by atoms with Crippen LogP contribution in [0.5, 0.6) is 0 Å². The molecule has 0 saturated carbocycles. The fourth-order valence-electron chi connectivity index (χ4n) is 2.16. The van der Waals surface area contributed by atoms with E-state index in [9.17, 15) is 13.2 Å². The molecule has 0 N–H and O–H groups in total. The maximum Gasteiger partial charge on any atom is 0.185 e. The molecule has 3 rings (SSSR count). The quantitative estimate of drug-likeness (QED) is 0.692. The standard InChI is InChI=1S/C16H12O3S2/c17-15(11-21(18,19)12-6-2-1-3-7-12)14-10-20-16-9-5-4-8-13(14)16/h1-10H,11H2. The van der Waals surface area contributed by atoms with E-state index in [0.29, 0.717) is 5.56 Å². The Morgan fingerprint density at radius 1 is 0.952 bits per heavy atom. The lowest BCUT2D eigenvalue weighted by molar-refractivity contribution is 0.102. The maximum atomic E-state index is 12.3. The van der Waals surface area contributed by atoms with Gasteiger partial charge in [-0.1, -0.05) is 36.4 Å². The van der Waals surface area contributed by atoms with Crippen molar-refractivity contribution < 1.29 is 13.2 Å². The van der Waals surface area contributed by atoms with Crippen molar-refractivity contribution >= 4 is 37.0 Å². The van der Waals surface area contributed by atoms with Crippen LogP contribution < -0.4 is 0 Å². The van der Waals surface area contributed by atoms with Crippen molar-refractivity contribution in [3.63, 3.8) is 0 Å². The fraction of sp³-hybridized carbons (Fsp3) is 0.0625. The largest absolute Gasteiger partial charge is 0.293 e. The lowest BCUT2D eigenvalue weighted by Gasteiger charge is -2.03. The van der Waals surface area contributed by atoms with Crippen molar-refractivity contribution in [3.05, 3.63) is 65.5 Å². The molecular weight excluding hydrogens is 304 g/mol. The Bertz CT molecular complexity index is 893. The molecule has 106 valence electrons. The van der Waals surface area contributed by atoms with Gasteiger partial charge in [0.15, 0.2) is 15.6 Å². The van der Waals surface area contributed by atoms with Crippen LogP contribution in [0, 0.1) is 0 Å². The van der Waals surface area contributed by atoms with Gasteiger partial charge in [-0.2, -0.15) is 0 Å². The number of rotatable bonds is 4. The zero-order valence-corrected chi connectivity index (χ0v) is 12.7. The van der Waals surface area contributed by atoms with Crippen molar-refractivity contribution in [2.24, 2.45) is 0 Å². The van der Waals surface area contributed by atoms with Gasteiger partial charge >= 0.3 is 0 Å². The average molecular weight is 316 g/mol. The minimum absolute atomic E-state index is 0.179. The summed E-state index contributed by atoms with van der Waals surface area (Å²) in [6, 6.07) is 15.6. The van der Waals surface area contributed by atoms with E-state index in [0.717, 1.165) is 10.1 Å². The van der Waals surface area contributed by atoms with Gasteiger partial charge in [0.1, 0.15) is 5.75 Å². The third kappa shape index (κ3) is 2.75. The Morgan fingerprint density at radius 2 is 1.62 bits per heavy atom. The number of ketones is 1. The van der Waals surface area contributed by atoms with Crippen LogP contribution in [-0.2, 0) is 9.84 Å². The van der Waals surface area contributed by atoms with Crippen LogP contribution in [0.3, 0.4) is 0 Å². The molecule has 0 saturated heterocycles. The number of hydrogen-bond acceptors (Lipinski definition) is 4. The van der Waals surface area contributed by atoms with Crippen LogP contribution >= 0.6 is 11.3 Å². The Kier molecular flexibility index (Phi) is 3.61. The summed E-state index contributed by atoms with van der Waals surface area (Å²) in [5.41, 5.74) is 0.482. The first-order valence-electron chi connectivity index (χ1n) is 6.35. The van der Waals surface area contributed by atoms with Crippen molar-refractivity contribution in [1.82, 2.24) is 0 Å². The first-order chi connectivity index (χ1) is 10.1. The van der Waals surface area contributed by atoms with Gasteiger partial charge in [-0.25, -0.2) is 8.42 Å². The molecule has 3 nitrogen and oxygen atoms in total. The summed E-state index contributed by atoms with van der Waals surface area (Å²) in [5, 5.41) is 2.55. The minimum atomic E-state index is -3.60. The second-order valence-electron chi connectivity index (χ2n) is 4.64. The van der Waals surface area contributed by atoms with Crippen LogP contribution in [0.25, 0.3) is 10.1 Å². The lowest BCUT2D eigenvalue weighted by Crippen LogP contribution is -2.16. The monoisotopic (exact) mass is 316 g/mol. The summed E-state index contributed by atoms with van der Waals surface area (Å²) in [6.45, 7) is 0. The number of carbonyl (C=O) groups excluding carboxylic acids is 1. The second kappa shape index (κ2) is 5.42. The molecule has 0 aliphatic carbocycles. The minimum Gasteiger partial charge on any atom is -0.293 e. The highest BCUT2D eigenvalue weighted by Gasteiger charge is 2.22. The molecule has 0 aliphatic heterocycles. The SMILES string of the molecule is O=C(CS(=O)(=O)c1ccccc1)c1csc2ccccc12. The summed E-state index contributed by atoms with van der Waals surface area (Å²) in [7, 11) is -3.60. The van der Waals surface area contributed by atoms with E-state index >= 15 is 0 Å². The number of Topliss-reactive ketones (excluding diaryl/α,β-unsaturated/α-hetero) is 1. The van der Waals surface area contributed by atoms with Gasteiger partial charge in [0.05, 0.1) is 4.90 Å². The van der Waals surface area contributed by atoms with Gasteiger partial charge in [-0.05, 0) is 18.2 Å². The van der Waals surface area contributed by atoms with Crippen LogP contribution in [0.1, 0.15) is 10.4 Å². The lowest BCUT2D eigenvalue weighted by atomic mass is 10.1. The second-order valence-corrected chi connectivity index (χ2v) is 7.54. The number of benzene rings is 2. The molecule has 1 heterocycles. The smallest absolute Gasteiger partial charge is 0.185 e. The normalized spacial score (nSPS) is 11.6. The van der Waals surface area contributed by atoms with Gasteiger partial charge in [-0.15, -0.1) is 11.3 Å². The fourth-order valence-corrected chi connectivity index (χ4v) is 4.36. The molecule has 0 fully saturated rings. The molecule has 3 aromatic rings. The predicted molar refractivity (Wildman–Crippen MR) is 84.7 cm³/mol. The van der Waals surface area contributed by atoms with Crippen LogP contribution in [0.4, 0.5) is 0 Å². The molecule has 21 heavy (non-hydrogen) atoms.